The van der Waals surface area contributed by atoms with Crippen LogP contribution in [0.15, 0.2) is 28.7 Å². The number of allylic oxidation sites excluding steroid dienone is 1. The van der Waals surface area contributed by atoms with E-state index in [2.05, 4.69) is 10.6 Å². The zero-order valence-corrected chi connectivity index (χ0v) is 16.3. The van der Waals surface area contributed by atoms with Gasteiger partial charge < -0.3 is 15.7 Å². The SMILES string of the molecule is CC1=CCC[C@H]1NC(=O)Nc1ccc(Cl)c(S(=O)(=O)C(C)(C)CF)c1O. The van der Waals surface area contributed by atoms with Crippen LogP contribution in [0.4, 0.5) is 14.9 Å². The van der Waals surface area contributed by atoms with E-state index >= 15 is 0 Å². The van der Waals surface area contributed by atoms with E-state index in [1.807, 2.05) is 13.0 Å². The van der Waals surface area contributed by atoms with Gasteiger partial charge in [-0.25, -0.2) is 17.6 Å². The highest BCUT2D eigenvalue weighted by molar-refractivity contribution is 7.93. The number of hydrogen-bond donors (Lipinski definition) is 3. The van der Waals surface area contributed by atoms with Gasteiger partial charge in [0.05, 0.1) is 21.5 Å². The maximum atomic E-state index is 13.2. The molecule has 0 saturated heterocycles. The Labute approximate surface area is 157 Å². The number of carbonyl (C=O) groups is 1. The second-order valence-electron chi connectivity index (χ2n) is 6.85. The van der Waals surface area contributed by atoms with Crippen LogP contribution in [-0.2, 0) is 9.84 Å². The van der Waals surface area contributed by atoms with Crippen LogP contribution in [0.5, 0.6) is 5.75 Å². The van der Waals surface area contributed by atoms with E-state index in [0.717, 1.165) is 18.4 Å². The van der Waals surface area contributed by atoms with Gasteiger partial charge in [0, 0.05) is 0 Å². The molecule has 144 valence electrons. The molecule has 6 nitrogen and oxygen atoms in total. The fourth-order valence-electron chi connectivity index (χ4n) is 2.60. The third kappa shape index (κ3) is 3.81. The molecule has 3 N–H and O–H groups in total. The summed E-state index contributed by atoms with van der Waals surface area (Å²) in [7, 11) is -4.28. The number of hydrogen-bond acceptors (Lipinski definition) is 4. The third-order valence-electron chi connectivity index (χ3n) is 4.43. The third-order valence-corrected chi connectivity index (χ3v) is 7.37. The van der Waals surface area contributed by atoms with Crippen molar-refractivity contribution in [2.75, 3.05) is 12.0 Å². The number of phenols is 1. The van der Waals surface area contributed by atoms with Gasteiger partial charge in [-0.3, -0.25) is 0 Å². The first-order valence-electron chi connectivity index (χ1n) is 8.07. The average Bonchev–Trinajstić information content (AvgIpc) is 2.94. The fourth-order valence-corrected chi connectivity index (χ4v) is 4.44. The molecule has 2 rings (SSSR count). The topological polar surface area (TPSA) is 95.5 Å². The molecule has 1 aliphatic carbocycles. The predicted molar refractivity (Wildman–Crippen MR) is 99.3 cm³/mol. The second kappa shape index (κ2) is 7.44. The molecule has 2 amide bonds. The second-order valence-corrected chi connectivity index (χ2v) is 9.77. The van der Waals surface area contributed by atoms with Gasteiger partial charge in [-0.1, -0.05) is 23.3 Å². The lowest BCUT2D eigenvalue weighted by atomic mass is 10.2. The highest BCUT2D eigenvalue weighted by atomic mass is 35.5. The van der Waals surface area contributed by atoms with Crippen LogP contribution in [0.25, 0.3) is 0 Å². The number of phenolic OH excluding ortho intramolecular Hbond substituents is 1. The van der Waals surface area contributed by atoms with Crippen molar-refractivity contribution in [1.29, 1.82) is 0 Å². The van der Waals surface area contributed by atoms with E-state index in [1.165, 1.54) is 26.0 Å². The maximum absolute atomic E-state index is 13.2. The Morgan fingerprint density at radius 2 is 2.08 bits per heavy atom. The standard InChI is InChI=1S/C17H22ClFN2O4S/c1-10-5-4-6-12(10)20-16(23)21-13-8-7-11(18)15(14(13)22)26(24,25)17(2,3)9-19/h5,7-8,12,22H,4,6,9H2,1-3H3,(H2,20,21,23)/t12-/m1/s1. The van der Waals surface area contributed by atoms with E-state index in [1.54, 1.807) is 0 Å². The smallest absolute Gasteiger partial charge is 0.319 e. The van der Waals surface area contributed by atoms with Crippen molar-refractivity contribution < 1.29 is 22.7 Å². The molecular formula is C17H22ClFN2O4S. The van der Waals surface area contributed by atoms with E-state index in [0.29, 0.717) is 0 Å². The number of sulfone groups is 1. The van der Waals surface area contributed by atoms with Crippen LogP contribution >= 0.6 is 11.6 Å². The van der Waals surface area contributed by atoms with Crippen molar-refractivity contribution in [3.8, 4) is 5.75 Å². The molecule has 1 atom stereocenters. The molecule has 0 saturated carbocycles. The van der Waals surface area contributed by atoms with Gasteiger partial charge in [0.2, 0.25) is 0 Å². The molecule has 26 heavy (non-hydrogen) atoms. The molecule has 0 radical (unpaired) electrons. The molecular weight excluding hydrogens is 383 g/mol. The molecule has 1 aliphatic rings. The number of urea groups is 1. The zero-order valence-electron chi connectivity index (χ0n) is 14.8. The van der Waals surface area contributed by atoms with Crippen molar-refractivity contribution in [1.82, 2.24) is 5.32 Å². The molecule has 0 unspecified atom stereocenters. The Kier molecular flexibility index (Phi) is 5.87. The van der Waals surface area contributed by atoms with Crippen LogP contribution in [0.3, 0.4) is 0 Å². The summed E-state index contributed by atoms with van der Waals surface area (Å²) in [6.07, 6.45) is 3.66. The summed E-state index contributed by atoms with van der Waals surface area (Å²) in [5.74, 6) is -0.715. The van der Waals surface area contributed by atoms with Gasteiger partial charge in [-0.2, -0.15) is 0 Å². The summed E-state index contributed by atoms with van der Waals surface area (Å²) in [5, 5.41) is 15.3. The Bertz CT molecular complexity index is 853. The number of nitrogens with one attached hydrogen (secondary N) is 2. The molecule has 0 aliphatic heterocycles. The summed E-state index contributed by atoms with van der Waals surface area (Å²) in [4.78, 5) is 11.6. The summed E-state index contributed by atoms with van der Waals surface area (Å²) in [5.41, 5.74) is 0.910. The van der Waals surface area contributed by atoms with E-state index in [9.17, 15) is 22.7 Å². The normalized spacial score (nSPS) is 17.7. The highest BCUT2D eigenvalue weighted by Gasteiger charge is 2.40. The van der Waals surface area contributed by atoms with Gasteiger partial charge in [0.25, 0.3) is 0 Å². The Morgan fingerprint density at radius 1 is 1.42 bits per heavy atom. The quantitative estimate of drug-likeness (QED) is 0.513. The molecule has 1 aromatic carbocycles. The number of carbonyl (C=O) groups excluding carboxylic acids is 1. The number of halogens is 2. The van der Waals surface area contributed by atoms with Crippen LogP contribution in [-0.4, -0.2) is 37.0 Å². The summed E-state index contributed by atoms with van der Waals surface area (Å²) in [6, 6.07) is 1.82. The van der Waals surface area contributed by atoms with E-state index in [4.69, 9.17) is 11.6 Å². The molecule has 0 heterocycles. The lowest BCUT2D eigenvalue weighted by molar-refractivity contribution is 0.249. The van der Waals surface area contributed by atoms with Gasteiger partial charge in [0.1, 0.15) is 11.6 Å². The first-order valence-corrected chi connectivity index (χ1v) is 9.93. The molecule has 9 heteroatoms. The van der Waals surface area contributed by atoms with Crippen molar-refractivity contribution in [2.24, 2.45) is 0 Å². The highest BCUT2D eigenvalue weighted by Crippen LogP contribution is 2.41. The Hall–Kier alpha value is -1.80. The number of alkyl halides is 1. The molecule has 0 spiro atoms. The molecule has 0 aromatic heterocycles. The first-order chi connectivity index (χ1) is 12.0. The van der Waals surface area contributed by atoms with Gasteiger partial charge in [-0.05, 0) is 45.7 Å². The lowest BCUT2D eigenvalue weighted by Crippen LogP contribution is -2.37. The monoisotopic (exact) mass is 404 g/mol. The number of anilines is 1. The average molecular weight is 405 g/mol. The lowest BCUT2D eigenvalue weighted by Gasteiger charge is -2.23. The van der Waals surface area contributed by atoms with Gasteiger partial charge in [0.15, 0.2) is 15.6 Å². The fraction of sp³-hybridized carbons (Fsp3) is 0.471. The van der Waals surface area contributed by atoms with E-state index in [-0.39, 0.29) is 16.8 Å². The van der Waals surface area contributed by atoms with Crippen molar-refractivity contribution in [2.45, 2.75) is 49.3 Å². The number of benzene rings is 1. The summed E-state index contributed by atoms with van der Waals surface area (Å²) in [6.45, 7) is 3.14. The van der Waals surface area contributed by atoms with Crippen LogP contribution in [0.1, 0.15) is 33.6 Å². The maximum Gasteiger partial charge on any atom is 0.319 e. The summed E-state index contributed by atoms with van der Waals surface area (Å²) >= 11 is 5.94. The number of aromatic hydroxyl groups is 1. The van der Waals surface area contributed by atoms with Crippen LogP contribution < -0.4 is 10.6 Å². The van der Waals surface area contributed by atoms with Crippen LogP contribution in [0, 0.1) is 0 Å². The van der Waals surface area contributed by atoms with Crippen molar-refractivity contribution in [3.63, 3.8) is 0 Å². The van der Waals surface area contributed by atoms with Crippen molar-refractivity contribution >= 4 is 33.2 Å². The molecule has 0 fully saturated rings. The van der Waals surface area contributed by atoms with E-state index < -0.39 is 37.9 Å². The minimum Gasteiger partial charge on any atom is -0.504 e. The first kappa shape index (κ1) is 20.5. The minimum absolute atomic E-state index is 0.113. The zero-order chi connectivity index (χ0) is 19.7. The van der Waals surface area contributed by atoms with Crippen LogP contribution in [0.2, 0.25) is 5.02 Å². The largest absolute Gasteiger partial charge is 0.504 e. The Morgan fingerprint density at radius 3 is 2.62 bits per heavy atom. The number of amides is 2. The minimum atomic E-state index is -4.28. The summed E-state index contributed by atoms with van der Waals surface area (Å²) < 4.78 is 36.8. The predicted octanol–water partition coefficient (Wildman–Crippen LogP) is 3.80. The Balaban J connectivity index is 2.32. The van der Waals surface area contributed by atoms with Gasteiger partial charge >= 0.3 is 6.03 Å². The number of rotatable bonds is 5. The molecule has 1 aromatic rings. The van der Waals surface area contributed by atoms with Crippen molar-refractivity contribution in [3.05, 3.63) is 28.8 Å². The molecule has 0 bridgehead atoms. The van der Waals surface area contributed by atoms with Gasteiger partial charge in [-0.15, -0.1) is 0 Å².